The number of rotatable bonds is 3. The highest BCUT2D eigenvalue weighted by molar-refractivity contribution is 5.44. The average molecular weight is 205 g/mol. The molecule has 2 rings (SSSR count). The molecule has 5 nitrogen and oxygen atoms in total. The third-order valence-electron chi connectivity index (χ3n) is 2.08. The van der Waals surface area contributed by atoms with Crippen molar-refractivity contribution in [3.8, 4) is 0 Å². The van der Waals surface area contributed by atoms with Crippen molar-refractivity contribution in [2.75, 3.05) is 5.32 Å². The summed E-state index contributed by atoms with van der Waals surface area (Å²) in [6.45, 7) is 6.21. The summed E-state index contributed by atoms with van der Waals surface area (Å²) in [5.41, 5.74) is 0.793. The number of anilines is 1. The highest BCUT2D eigenvalue weighted by atomic mass is 15.4. The lowest BCUT2D eigenvalue weighted by molar-refractivity contribution is 0.807. The van der Waals surface area contributed by atoms with Crippen molar-refractivity contribution in [1.29, 1.82) is 0 Å². The van der Waals surface area contributed by atoms with Crippen LogP contribution < -0.4 is 5.32 Å². The van der Waals surface area contributed by atoms with Crippen LogP contribution in [0.5, 0.6) is 0 Å². The average Bonchev–Trinajstić information content (AvgIpc) is 2.59. The molecule has 15 heavy (non-hydrogen) atoms. The van der Waals surface area contributed by atoms with E-state index in [-0.39, 0.29) is 0 Å². The first-order valence-corrected chi connectivity index (χ1v) is 5.18. The van der Waals surface area contributed by atoms with E-state index in [4.69, 9.17) is 0 Å². The molecule has 0 unspecified atom stereocenters. The number of aryl methyl sites for hydroxylation is 1. The third kappa shape index (κ3) is 1.91. The van der Waals surface area contributed by atoms with E-state index in [1.54, 1.807) is 4.52 Å². The van der Waals surface area contributed by atoms with Crippen LogP contribution in [0.25, 0.3) is 5.65 Å². The summed E-state index contributed by atoms with van der Waals surface area (Å²) in [4.78, 5) is 0. The Morgan fingerprint density at radius 1 is 1.33 bits per heavy atom. The van der Waals surface area contributed by atoms with Gasteiger partial charge in [-0.3, -0.25) is 0 Å². The van der Waals surface area contributed by atoms with Crippen molar-refractivity contribution in [3.05, 3.63) is 18.0 Å². The van der Waals surface area contributed by atoms with Crippen LogP contribution in [-0.2, 0) is 6.42 Å². The largest absolute Gasteiger partial charge is 0.366 e. The second-order valence-electron chi connectivity index (χ2n) is 3.76. The van der Waals surface area contributed by atoms with Gasteiger partial charge in [-0.05, 0) is 26.0 Å². The van der Waals surface area contributed by atoms with Crippen LogP contribution in [-0.4, -0.2) is 25.9 Å². The second kappa shape index (κ2) is 3.84. The lowest BCUT2D eigenvalue weighted by Crippen LogP contribution is -2.12. The molecular weight excluding hydrogens is 190 g/mol. The van der Waals surface area contributed by atoms with E-state index >= 15 is 0 Å². The van der Waals surface area contributed by atoms with Gasteiger partial charge in [-0.15, -0.1) is 15.3 Å². The molecule has 2 aromatic rings. The fourth-order valence-corrected chi connectivity index (χ4v) is 1.43. The molecule has 0 aliphatic heterocycles. The molecule has 0 radical (unpaired) electrons. The van der Waals surface area contributed by atoms with Gasteiger partial charge in [-0.1, -0.05) is 6.92 Å². The Balaban J connectivity index is 2.43. The van der Waals surface area contributed by atoms with E-state index in [0.717, 1.165) is 23.7 Å². The smallest absolute Gasteiger partial charge is 0.178 e. The van der Waals surface area contributed by atoms with Gasteiger partial charge in [0, 0.05) is 12.5 Å². The van der Waals surface area contributed by atoms with Gasteiger partial charge in [0.15, 0.2) is 11.5 Å². The van der Waals surface area contributed by atoms with Gasteiger partial charge >= 0.3 is 0 Å². The minimum absolute atomic E-state index is 0.372. The van der Waals surface area contributed by atoms with Gasteiger partial charge in [0.2, 0.25) is 0 Å². The van der Waals surface area contributed by atoms with Crippen molar-refractivity contribution in [1.82, 2.24) is 19.8 Å². The van der Waals surface area contributed by atoms with E-state index in [9.17, 15) is 0 Å². The van der Waals surface area contributed by atoms with Crippen molar-refractivity contribution >= 4 is 11.5 Å². The van der Waals surface area contributed by atoms with E-state index < -0.39 is 0 Å². The van der Waals surface area contributed by atoms with Gasteiger partial charge in [0.05, 0.1) is 0 Å². The topological polar surface area (TPSA) is 55.1 Å². The number of hydrogen-bond acceptors (Lipinski definition) is 4. The molecule has 0 saturated carbocycles. The van der Waals surface area contributed by atoms with Crippen LogP contribution in [0.2, 0.25) is 0 Å². The van der Waals surface area contributed by atoms with Crippen LogP contribution >= 0.6 is 0 Å². The first-order chi connectivity index (χ1) is 7.20. The number of nitrogens with one attached hydrogen (secondary N) is 1. The zero-order valence-electron chi connectivity index (χ0n) is 9.23. The predicted octanol–water partition coefficient (Wildman–Crippen LogP) is 1.51. The molecule has 0 aliphatic carbocycles. The van der Waals surface area contributed by atoms with Crippen molar-refractivity contribution < 1.29 is 0 Å². The van der Waals surface area contributed by atoms with Crippen LogP contribution in [0.1, 0.15) is 26.6 Å². The Labute approximate surface area is 88.5 Å². The molecule has 80 valence electrons. The zero-order chi connectivity index (χ0) is 10.8. The fourth-order valence-electron chi connectivity index (χ4n) is 1.43. The Kier molecular flexibility index (Phi) is 2.53. The Hall–Kier alpha value is -1.65. The molecule has 0 aliphatic rings. The quantitative estimate of drug-likeness (QED) is 0.825. The highest BCUT2D eigenvalue weighted by Crippen LogP contribution is 2.08. The molecule has 0 spiro atoms. The molecule has 0 atom stereocenters. The SMILES string of the molecule is CCc1nnc2ccc(NC(C)C)nn12. The van der Waals surface area contributed by atoms with Gasteiger partial charge in [0.25, 0.3) is 0 Å². The van der Waals surface area contributed by atoms with Crippen LogP contribution in [0, 0.1) is 0 Å². The number of hydrogen-bond donors (Lipinski definition) is 1. The summed E-state index contributed by atoms with van der Waals surface area (Å²) in [5, 5.41) is 15.8. The van der Waals surface area contributed by atoms with Crippen LogP contribution in [0.4, 0.5) is 5.82 Å². The number of aromatic nitrogens is 4. The number of nitrogens with zero attached hydrogens (tertiary/aromatic N) is 4. The van der Waals surface area contributed by atoms with Crippen molar-refractivity contribution in [3.63, 3.8) is 0 Å². The molecule has 0 saturated heterocycles. The second-order valence-corrected chi connectivity index (χ2v) is 3.76. The first kappa shape index (κ1) is 9.89. The maximum absolute atomic E-state index is 4.43. The van der Waals surface area contributed by atoms with Gasteiger partial charge < -0.3 is 5.32 Å². The predicted molar refractivity (Wildman–Crippen MR) is 58.9 cm³/mol. The van der Waals surface area contributed by atoms with Crippen molar-refractivity contribution in [2.45, 2.75) is 33.2 Å². The lowest BCUT2D eigenvalue weighted by atomic mass is 10.4. The van der Waals surface area contributed by atoms with Crippen molar-refractivity contribution in [2.24, 2.45) is 0 Å². The summed E-state index contributed by atoms with van der Waals surface area (Å²) in [5.74, 6) is 1.74. The fraction of sp³-hybridized carbons (Fsp3) is 0.500. The molecule has 2 heterocycles. The summed E-state index contributed by atoms with van der Waals surface area (Å²) < 4.78 is 1.78. The molecule has 5 heteroatoms. The summed E-state index contributed by atoms with van der Waals surface area (Å²) >= 11 is 0. The van der Waals surface area contributed by atoms with E-state index in [1.165, 1.54) is 0 Å². The normalized spacial score (nSPS) is 11.2. The summed E-state index contributed by atoms with van der Waals surface area (Å²) in [7, 11) is 0. The first-order valence-electron chi connectivity index (χ1n) is 5.18. The minimum atomic E-state index is 0.372. The highest BCUT2D eigenvalue weighted by Gasteiger charge is 2.05. The van der Waals surface area contributed by atoms with Gasteiger partial charge in [0.1, 0.15) is 5.82 Å². The Bertz CT molecular complexity index is 460. The molecule has 2 aromatic heterocycles. The molecule has 0 aromatic carbocycles. The van der Waals surface area contributed by atoms with E-state index in [2.05, 4.69) is 34.5 Å². The van der Waals surface area contributed by atoms with E-state index in [0.29, 0.717) is 6.04 Å². The molecule has 0 bridgehead atoms. The third-order valence-corrected chi connectivity index (χ3v) is 2.08. The monoisotopic (exact) mass is 205 g/mol. The Morgan fingerprint density at radius 2 is 2.13 bits per heavy atom. The number of fused-ring (bicyclic) bond motifs is 1. The van der Waals surface area contributed by atoms with Crippen LogP contribution in [0.3, 0.4) is 0 Å². The van der Waals surface area contributed by atoms with E-state index in [1.807, 2.05) is 19.1 Å². The van der Waals surface area contributed by atoms with Gasteiger partial charge in [-0.25, -0.2) is 0 Å². The molecular formula is C10H15N5. The molecule has 0 amide bonds. The Morgan fingerprint density at radius 3 is 2.80 bits per heavy atom. The van der Waals surface area contributed by atoms with Crippen LogP contribution in [0.15, 0.2) is 12.1 Å². The minimum Gasteiger partial charge on any atom is -0.366 e. The summed E-state index contributed by atoms with van der Waals surface area (Å²) in [6, 6.07) is 4.21. The van der Waals surface area contributed by atoms with Gasteiger partial charge in [-0.2, -0.15) is 4.52 Å². The lowest BCUT2D eigenvalue weighted by Gasteiger charge is -2.08. The summed E-state index contributed by atoms with van der Waals surface area (Å²) in [6.07, 6.45) is 0.833. The maximum Gasteiger partial charge on any atom is 0.178 e. The maximum atomic E-state index is 4.43. The zero-order valence-corrected chi connectivity index (χ0v) is 9.23. The standard InChI is InChI=1S/C10H15N5/c1-4-9-12-13-10-6-5-8(11-7(2)3)14-15(9)10/h5-7H,4H2,1-3H3,(H,11,14). The molecule has 0 fully saturated rings. The molecule has 1 N–H and O–H groups in total.